The van der Waals surface area contributed by atoms with Crippen molar-refractivity contribution >= 4 is 0.998 Å². The van der Waals surface area contributed by atoms with Gasteiger partial charge in [-0.2, -0.15) is 0 Å². The normalized spacial score (nSPS) is 40.4. The van der Waals surface area contributed by atoms with E-state index in [-0.39, 0.29) is 6.10 Å². The number of aliphatic hydroxyl groups is 1. The Morgan fingerprint density at radius 2 is 2.18 bits per heavy atom. The topological polar surface area (TPSA) is 20.2 Å². The van der Waals surface area contributed by atoms with Gasteiger partial charge >= 0.3 is 83.1 Å². The van der Waals surface area contributed by atoms with Crippen molar-refractivity contribution in [3.8, 4) is 0 Å². The molecule has 1 nitrogen and oxygen atoms in total. The Labute approximate surface area is 82.1 Å². The molecule has 3 heterocycles. The Balaban J connectivity index is 2.39. The molecule has 1 fully saturated rings. The van der Waals surface area contributed by atoms with Gasteiger partial charge in [0.1, 0.15) is 0 Å². The van der Waals surface area contributed by atoms with Crippen LogP contribution in [0.1, 0.15) is 27.2 Å². The molecular weight excluding hydrogens is 264 g/mol. The van der Waals surface area contributed by atoms with Crippen LogP contribution in [-0.4, -0.2) is 12.2 Å². The van der Waals surface area contributed by atoms with Gasteiger partial charge in [-0.15, -0.1) is 0 Å². The molecule has 3 aliphatic heterocycles. The minimum absolute atomic E-state index is 0.00694. The van der Waals surface area contributed by atoms with Crippen LogP contribution in [0.3, 0.4) is 0 Å². The zero-order valence-electron chi connectivity index (χ0n) is 7.52. The van der Waals surface area contributed by atoms with Crippen molar-refractivity contribution in [2.24, 2.45) is 5.92 Å². The van der Waals surface area contributed by atoms with Crippen LogP contribution < -0.4 is 0 Å². The monoisotopic (exact) mass is 280 g/mol. The van der Waals surface area contributed by atoms with E-state index in [2.05, 4.69) is 20.8 Å². The molecule has 0 aliphatic carbocycles. The van der Waals surface area contributed by atoms with Crippen molar-refractivity contribution in [3.63, 3.8) is 0 Å². The standard InChI is InChI=1S/C9H16O.Ce/c1-5-6-9(10)8(4)7(2)3;/h8-10H,4,6H2,1-3H3;. The van der Waals surface area contributed by atoms with Crippen molar-refractivity contribution in [3.05, 3.63) is 0 Å². The summed E-state index contributed by atoms with van der Waals surface area (Å²) >= 11 is -1.25. The number of hydrogen-bond acceptors (Lipinski definition) is 1. The Bertz CT molecular complexity index is 230. The van der Waals surface area contributed by atoms with Gasteiger partial charge in [0.15, 0.2) is 0 Å². The zero-order chi connectivity index (χ0) is 8.22. The molecule has 1 saturated heterocycles. The molecule has 0 radical (unpaired) electrons. The Hall–Kier alpha value is 1.21. The average molecular weight is 280 g/mol. The van der Waals surface area contributed by atoms with Gasteiger partial charge in [-0.25, -0.2) is 0 Å². The molecule has 0 aromatic heterocycles. The van der Waals surface area contributed by atoms with Gasteiger partial charge in [-0.05, 0) is 0 Å². The van der Waals surface area contributed by atoms with Crippen LogP contribution >= 0.6 is 0 Å². The summed E-state index contributed by atoms with van der Waals surface area (Å²) in [5.41, 5.74) is 0. The first kappa shape index (κ1) is 8.79. The molecule has 1 N–H and O–H groups in total. The van der Waals surface area contributed by atoms with Crippen LogP contribution in [0.5, 0.6) is 0 Å². The van der Waals surface area contributed by atoms with Crippen LogP contribution in [0.25, 0.3) is 0 Å². The maximum atomic E-state index is 9.73. The molecule has 0 aromatic rings. The molecule has 0 saturated carbocycles. The maximum absolute atomic E-state index is 9.73. The second-order valence-corrected chi connectivity index (χ2v) is 15.6. The van der Waals surface area contributed by atoms with Crippen LogP contribution in [-0.2, 0) is 0 Å². The summed E-state index contributed by atoms with van der Waals surface area (Å²) in [4.78, 5) is 0. The van der Waals surface area contributed by atoms with Gasteiger partial charge in [0.25, 0.3) is 0 Å². The van der Waals surface area contributed by atoms with E-state index in [1.807, 2.05) is 0 Å². The molecule has 62 valence electrons. The van der Waals surface area contributed by atoms with E-state index in [0.717, 1.165) is 6.42 Å². The molecule has 3 aliphatic rings. The van der Waals surface area contributed by atoms with Gasteiger partial charge in [0.05, 0.1) is 0 Å². The molecular formula is C9H16CeO. The van der Waals surface area contributed by atoms with Gasteiger partial charge in [-0.1, -0.05) is 0 Å². The first-order chi connectivity index (χ1) is 5.03. The molecule has 2 bridgehead atoms. The molecule has 11 heavy (non-hydrogen) atoms. The van der Waals surface area contributed by atoms with E-state index in [1.165, 1.54) is 1.94 Å². The van der Waals surface area contributed by atoms with E-state index >= 15 is 0 Å². The number of rotatable bonds is 0. The van der Waals surface area contributed by atoms with E-state index in [4.69, 9.17) is 0 Å². The van der Waals surface area contributed by atoms with Gasteiger partial charge in [-0.3, -0.25) is 0 Å². The van der Waals surface area contributed by atoms with Crippen LogP contribution in [0.2, 0.25) is 2.87 Å². The van der Waals surface area contributed by atoms with Crippen molar-refractivity contribution in [1.82, 2.24) is 0 Å². The Kier molecular flexibility index (Phi) is 2.07. The van der Waals surface area contributed by atoms with E-state index < -0.39 is 34.9 Å². The molecule has 2 heteroatoms. The molecule has 2 atom stereocenters. The zero-order valence-corrected chi connectivity index (χ0v) is 10.7. The summed E-state index contributed by atoms with van der Waals surface area (Å²) in [5.74, 6) is 0.674. The average Bonchev–Trinajstić information content (AvgIpc) is 1.84. The molecule has 2 unspecified atom stereocenters. The van der Waals surface area contributed by atoms with Gasteiger partial charge < -0.3 is 0 Å². The van der Waals surface area contributed by atoms with Crippen molar-refractivity contribution in [2.75, 3.05) is 0 Å². The fourth-order valence-corrected chi connectivity index (χ4v) is 15.4. The molecule has 0 amide bonds. The van der Waals surface area contributed by atoms with Crippen LogP contribution in [0.4, 0.5) is 0 Å². The minimum atomic E-state index is -1.25. The molecule has 0 spiro atoms. The fraction of sp³-hybridized carbons (Fsp3) is 0.889. The summed E-state index contributed by atoms with van der Waals surface area (Å²) in [6.45, 7) is 7.06. The number of hydrogen-bond donors (Lipinski definition) is 1. The van der Waals surface area contributed by atoms with Crippen LogP contribution in [0, 0.1) is 40.8 Å². The first-order valence-corrected chi connectivity index (χ1v) is 9.76. The summed E-state index contributed by atoms with van der Waals surface area (Å²) < 4.78 is 3.78. The summed E-state index contributed by atoms with van der Waals surface area (Å²) in [7, 11) is 0. The summed E-state index contributed by atoms with van der Waals surface area (Å²) in [5, 5.41) is 9.73. The van der Waals surface area contributed by atoms with E-state index in [9.17, 15) is 5.11 Å². The summed E-state index contributed by atoms with van der Waals surface area (Å²) in [6, 6.07) is 0. The SMILES string of the molecule is C[C]1=[Ce]2[CH2]C(C(O)C1)[C]2(C)C. The second-order valence-electron chi connectivity index (χ2n) is 4.56. The number of fused-ring (bicyclic) bond motifs is 2. The quantitative estimate of drug-likeness (QED) is 0.717. The Morgan fingerprint density at radius 1 is 1.55 bits per heavy atom. The predicted molar refractivity (Wildman–Crippen MR) is 43.6 cm³/mol. The van der Waals surface area contributed by atoms with Gasteiger partial charge in [0, 0.05) is 0 Å². The first-order valence-electron chi connectivity index (χ1n) is 4.40. The summed E-state index contributed by atoms with van der Waals surface area (Å²) in [6.07, 6.45) is 1.06. The predicted octanol–water partition coefficient (Wildman–Crippen LogP) is 1.81. The number of aliphatic hydroxyl groups excluding tert-OH is 1. The van der Waals surface area contributed by atoms with E-state index in [1.54, 1.807) is 0.998 Å². The van der Waals surface area contributed by atoms with Crippen molar-refractivity contribution < 1.29 is 40.0 Å². The van der Waals surface area contributed by atoms with E-state index in [0.29, 0.717) is 6.85 Å². The van der Waals surface area contributed by atoms with Gasteiger partial charge in [0.2, 0.25) is 0 Å². The Morgan fingerprint density at radius 3 is 2.55 bits per heavy atom. The third-order valence-electron chi connectivity index (χ3n) is 3.62. The molecule has 0 aromatic carbocycles. The van der Waals surface area contributed by atoms with Crippen LogP contribution in [0.15, 0.2) is 0 Å². The third kappa shape index (κ3) is 1.11. The third-order valence-corrected chi connectivity index (χ3v) is 16.2. The van der Waals surface area contributed by atoms with Crippen molar-refractivity contribution in [2.45, 2.75) is 36.2 Å². The fourth-order valence-electron chi connectivity index (χ4n) is 2.75. The molecule has 3 rings (SSSR count). The second kappa shape index (κ2) is 2.60. The van der Waals surface area contributed by atoms with Crippen molar-refractivity contribution in [1.29, 1.82) is 0 Å².